The van der Waals surface area contributed by atoms with Crippen LogP contribution in [0.2, 0.25) is 0 Å². The van der Waals surface area contributed by atoms with Crippen molar-refractivity contribution in [2.45, 2.75) is 65.2 Å². The Balaban J connectivity index is 1.94. The molecule has 1 aromatic carbocycles. The SMILES string of the molecule is CCCCOC(=O)NCc1cccc(B2OC(C)(C)C(C)(C)O2)c1. The van der Waals surface area contributed by atoms with E-state index >= 15 is 0 Å². The second-order valence-corrected chi connectivity index (χ2v) is 7.18. The molecule has 1 amide bonds. The van der Waals surface area contributed by atoms with E-state index in [1.54, 1.807) is 0 Å². The smallest absolute Gasteiger partial charge is 0.450 e. The molecule has 1 saturated heterocycles. The first-order valence-electron chi connectivity index (χ1n) is 8.60. The Morgan fingerprint density at radius 2 is 1.88 bits per heavy atom. The van der Waals surface area contributed by atoms with Gasteiger partial charge in [-0.25, -0.2) is 4.79 Å². The summed E-state index contributed by atoms with van der Waals surface area (Å²) in [5, 5.41) is 2.77. The Hall–Kier alpha value is -1.53. The van der Waals surface area contributed by atoms with Gasteiger partial charge in [0, 0.05) is 6.54 Å². The minimum absolute atomic E-state index is 0.366. The summed E-state index contributed by atoms with van der Waals surface area (Å²) < 4.78 is 17.2. The van der Waals surface area contributed by atoms with E-state index in [2.05, 4.69) is 12.2 Å². The Bertz CT molecular complexity index is 558. The number of unbranched alkanes of at least 4 members (excludes halogenated alkanes) is 1. The van der Waals surface area contributed by atoms with Crippen LogP contribution in [0.15, 0.2) is 24.3 Å². The van der Waals surface area contributed by atoms with Gasteiger partial charge in [0.15, 0.2) is 0 Å². The maximum atomic E-state index is 11.6. The molecule has 0 bridgehead atoms. The summed E-state index contributed by atoms with van der Waals surface area (Å²) in [5.74, 6) is 0. The lowest BCUT2D eigenvalue weighted by atomic mass is 9.78. The van der Waals surface area contributed by atoms with Crippen LogP contribution in [0.4, 0.5) is 4.79 Å². The Morgan fingerprint density at radius 1 is 1.21 bits per heavy atom. The zero-order valence-corrected chi connectivity index (χ0v) is 15.3. The van der Waals surface area contributed by atoms with Crippen LogP contribution in [-0.2, 0) is 20.6 Å². The fraction of sp³-hybridized carbons (Fsp3) is 0.611. The third-order valence-electron chi connectivity index (χ3n) is 4.64. The number of benzene rings is 1. The minimum Gasteiger partial charge on any atom is -0.450 e. The molecule has 24 heavy (non-hydrogen) atoms. The van der Waals surface area contributed by atoms with Crippen molar-refractivity contribution >= 4 is 18.7 Å². The highest BCUT2D eigenvalue weighted by Crippen LogP contribution is 2.36. The van der Waals surface area contributed by atoms with E-state index in [9.17, 15) is 4.79 Å². The number of ether oxygens (including phenoxy) is 1. The van der Waals surface area contributed by atoms with Crippen molar-refractivity contribution in [2.24, 2.45) is 0 Å². The van der Waals surface area contributed by atoms with E-state index in [0.29, 0.717) is 13.2 Å². The fourth-order valence-electron chi connectivity index (χ4n) is 2.36. The molecule has 0 saturated carbocycles. The molecule has 1 fully saturated rings. The monoisotopic (exact) mass is 333 g/mol. The molecule has 1 aliphatic rings. The topological polar surface area (TPSA) is 56.8 Å². The van der Waals surface area contributed by atoms with Gasteiger partial charge in [0.25, 0.3) is 0 Å². The summed E-state index contributed by atoms with van der Waals surface area (Å²) >= 11 is 0. The largest absolute Gasteiger partial charge is 0.494 e. The van der Waals surface area contributed by atoms with E-state index in [4.69, 9.17) is 14.0 Å². The van der Waals surface area contributed by atoms with Crippen molar-refractivity contribution in [2.75, 3.05) is 6.61 Å². The van der Waals surface area contributed by atoms with E-state index in [-0.39, 0.29) is 17.3 Å². The molecule has 0 aliphatic carbocycles. The van der Waals surface area contributed by atoms with Gasteiger partial charge in [-0.2, -0.15) is 0 Å². The van der Waals surface area contributed by atoms with Crippen LogP contribution in [-0.4, -0.2) is 31.0 Å². The molecule has 132 valence electrons. The molecule has 1 heterocycles. The van der Waals surface area contributed by atoms with Gasteiger partial charge in [-0.1, -0.05) is 37.6 Å². The van der Waals surface area contributed by atoms with Crippen LogP contribution < -0.4 is 10.8 Å². The number of hydrogen-bond donors (Lipinski definition) is 1. The van der Waals surface area contributed by atoms with Gasteiger partial charge in [-0.3, -0.25) is 0 Å². The fourth-order valence-corrected chi connectivity index (χ4v) is 2.36. The molecule has 5 nitrogen and oxygen atoms in total. The number of carbonyl (C=O) groups excluding carboxylic acids is 1. The summed E-state index contributed by atoms with van der Waals surface area (Å²) in [6.07, 6.45) is 1.50. The summed E-state index contributed by atoms with van der Waals surface area (Å²) in [6.45, 7) is 11.1. The zero-order valence-electron chi connectivity index (χ0n) is 15.3. The lowest BCUT2D eigenvalue weighted by molar-refractivity contribution is 0.00578. The van der Waals surface area contributed by atoms with Crippen LogP contribution >= 0.6 is 0 Å². The molecular formula is C18H28BNO4. The zero-order chi connectivity index (χ0) is 17.8. The highest BCUT2D eigenvalue weighted by atomic mass is 16.7. The predicted molar refractivity (Wildman–Crippen MR) is 95.3 cm³/mol. The van der Waals surface area contributed by atoms with Crippen molar-refractivity contribution in [1.82, 2.24) is 5.32 Å². The van der Waals surface area contributed by atoms with Crippen molar-refractivity contribution in [3.63, 3.8) is 0 Å². The molecule has 2 rings (SSSR count). The summed E-state index contributed by atoms with van der Waals surface area (Å²) in [5.41, 5.74) is 1.20. The second kappa shape index (κ2) is 7.57. The normalized spacial score (nSPS) is 18.5. The van der Waals surface area contributed by atoms with Crippen molar-refractivity contribution in [1.29, 1.82) is 0 Å². The Morgan fingerprint density at radius 3 is 2.50 bits per heavy atom. The molecule has 1 aromatic rings. The molecule has 6 heteroatoms. The third kappa shape index (κ3) is 4.51. The van der Waals surface area contributed by atoms with Crippen LogP contribution in [0, 0.1) is 0 Å². The standard InChI is InChI=1S/C18H28BNO4/c1-6-7-11-22-16(21)20-13-14-9-8-10-15(12-14)19-23-17(2,3)18(4,5)24-19/h8-10,12H,6-7,11,13H2,1-5H3,(H,20,21). The maximum Gasteiger partial charge on any atom is 0.494 e. The number of rotatable bonds is 6. The quantitative estimate of drug-likeness (QED) is 0.642. The minimum atomic E-state index is -0.397. The van der Waals surface area contributed by atoms with Crippen LogP contribution in [0.3, 0.4) is 0 Å². The average molecular weight is 333 g/mol. The van der Waals surface area contributed by atoms with E-state index < -0.39 is 7.12 Å². The average Bonchev–Trinajstić information content (AvgIpc) is 2.74. The van der Waals surface area contributed by atoms with Crippen molar-refractivity contribution in [3.05, 3.63) is 29.8 Å². The number of alkyl carbamates (subject to hydrolysis) is 1. The maximum absolute atomic E-state index is 11.6. The first-order chi connectivity index (χ1) is 11.2. The van der Waals surface area contributed by atoms with Gasteiger partial charge >= 0.3 is 13.2 Å². The number of hydrogen-bond acceptors (Lipinski definition) is 4. The Kier molecular flexibility index (Phi) is 5.94. The van der Waals surface area contributed by atoms with Gasteiger partial charge < -0.3 is 19.4 Å². The number of nitrogens with one attached hydrogen (secondary N) is 1. The van der Waals surface area contributed by atoms with E-state index in [1.165, 1.54) is 0 Å². The first-order valence-corrected chi connectivity index (χ1v) is 8.60. The van der Waals surface area contributed by atoms with Gasteiger partial charge in [0.2, 0.25) is 0 Å². The van der Waals surface area contributed by atoms with E-state index in [1.807, 2.05) is 52.0 Å². The lowest BCUT2D eigenvalue weighted by Crippen LogP contribution is -2.41. The van der Waals surface area contributed by atoms with Crippen molar-refractivity contribution in [3.8, 4) is 0 Å². The highest BCUT2D eigenvalue weighted by Gasteiger charge is 2.51. The van der Waals surface area contributed by atoms with Crippen LogP contribution in [0.1, 0.15) is 53.0 Å². The van der Waals surface area contributed by atoms with Gasteiger partial charge in [-0.15, -0.1) is 0 Å². The Labute approximate surface area is 145 Å². The third-order valence-corrected chi connectivity index (χ3v) is 4.64. The molecular weight excluding hydrogens is 305 g/mol. The van der Waals surface area contributed by atoms with Gasteiger partial charge in [0.1, 0.15) is 0 Å². The van der Waals surface area contributed by atoms with Crippen LogP contribution in [0.5, 0.6) is 0 Å². The molecule has 0 spiro atoms. The molecule has 0 unspecified atom stereocenters. The lowest BCUT2D eigenvalue weighted by Gasteiger charge is -2.32. The molecule has 0 aromatic heterocycles. The van der Waals surface area contributed by atoms with Gasteiger partial charge in [-0.05, 0) is 45.1 Å². The molecule has 1 N–H and O–H groups in total. The van der Waals surface area contributed by atoms with Crippen LogP contribution in [0.25, 0.3) is 0 Å². The van der Waals surface area contributed by atoms with E-state index in [0.717, 1.165) is 23.9 Å². The summed E-state index contributed by atoms with van der Waals surface area (Å²) in [4.78, 5) is 11.6. The first kappa shape index (κ1) is 18.8. The second-order valence-electron chi connectivity index (χ2n) is 7.18. The van der Waals surface area contributed by atoms with Gasteiger partial charge in [0.05, 0.1) is 17.8 Å². The molecule has 0 atom stereocenters. The van der Waals surface area contributed by atoms with Crippen molar-refractivity contribution < 1.29 is 18.8 Å². The number of amides is 1. The molecule has 0 radical (unpaired) electrons. The predicted octanol–water partition coefficient (Wildman–Crippen LogP) is 3.01. The summed E-state index contributed by atoms with van der Waals surface area (Å²) in [6, 6.07) is 7.88. The highest BCUT2D eigenvalue weighted by molar-refractivity contribution is 6.62. The molecule has 1 aliphatic heterocycles. The number of carbonyl (C=O) groups is 1. The summed E-state index contributed by atoms with van der Waals surface area (Å²) in [7, 11) is -0.397.